The number of nitrogens with one attached hydrogen (secondary N) is 1. The molecule has 3 rings (SSSR count). The van der Waals surface area contributed by atoms with Crippen LogP contribution in [0.25, 0.3) is 11.1 Å². The van der Waals surface area contributed by atoms with Gasteiger partial charge in [-0.3, -0.25) is 0 Å². The van der Waals surface area contributed by atoms with Crippen molar-refractivity contribution in [1.29, 1.82) is 0 Å². The average molecular weight is 251 g/mol. The maximum Gasteiger partial charge on any atom is 0.00206 e. The van der Waals surface area contributed by atoms with Gasteiger partial charge in [-0.1, -0.05) is 42.5 Å². The average Bonchev–Trinajstić information content (AvgIpc) is 2.96. The number of benzene rings is 2. The van der Waals surface area contributed by atoms with E-state index in [9.17, 15) is 0 Å². The summed E-state index contributed by atoms with van der Waals surface area (Å²) < 4.78 is 0. The summed E-state index contributed by atoms with van der Waals surface area (Å²) in [4.78, 5) is 0. The van der Waals surface area contributed by atoms with Gasteiger partial charge >= 0.3 is 0 Å². The lowest BCUT2D eigenvalue weighted by Crippen LogP contribution is -2.07. The Hall–Kier alpha value is -1.60. The number of hydrogen-bond donors (Lipinski definition) is 1. The SMILES string of the molecule is Cc1cccc(-c2cccc(C3CCNC3)c2)c1C. The Kier molecular flexibility index (Phi) is 3.39. The Morgan fingerprint density at radius 2 is 1.89 bits per heavy atom. The maximum atomic E-state index is 3.45. The molecular weight excluding hydrogens is 230 g/mol. The lowest BCUT2D eigenvalue weighted by Gasteiger charge is -2.13. The molecule has 0 aliphatic carbocycles. The van der Waals surface area contributed by atoms with Gasteiger partial charge in [0.2, 0.25) is 0 Å². The van der Waals surface area contributed by atoms with Gasteiger partial charge in [0.1, 0.15) is 0 Å². The third kappa shape index (κ3) is 2.43. The molecule has 1 heteroatoms. The van der Waals surface area contributed by atoms with Crippen LogP contribution in [0.5, 0.6) is 0 Å². The normalized spacial score (nSPS) is 18.7. The van der Waals surface area contributed by atoms with Crippen LogP contribution in [0, 0.1) is 13.8 Å². The second-order valence-electron chi connectivity index (χ2n) is 5.56. The van der Waals surface area contributed by atoms with E-state index < -0.39 is 0 Å². The summed E-state index contributed by atoms with van der Waals surface area (Å²) in [6.45, 7) is 6.67. The van der Waals surface area contributed by atoms with E-state index in [4.69, 9.17) is 0 Å². The van der Waals surface area contributed by atoms with E-state index in [1.165, 1.54) is 34.2 Å². The fraction of sp³-hybridized carbons (Fsp3) is 0.333. The first-order valence-corrected chi connectivity index (χ1v) is 7.13. The monoisotopic (exact) mass is 251 g/mol. The first-order valence-electron chi connectivity index (χ1n) is 7.13. The van der Waals surface area contributed by atoms with Gasteiger partial charge in [0.25, 0.3) is 0 Å². The Bertz CT molecular complexity index is 580. The number of hydrogen-bond acceptors (Lipinski definition) is 1. The first-order chi connectivity index (χ1) is 9.25. The van der Waals surface area contributed by atoms with Crippen molar-refractivity contribution in [3.63, 3.8) is 0 Å². The zero-order valence-electron chi connectivity index (χ0n) is 11.7. The summed E-state index contributed by atoms with van der Waals surface area (Å²) in [5.74, 6) is 0.685. The van der Waals surface area contributed by atoms with Crippen LogP contribution in [0.3, 0.4) is 0 Å². The van der Waals surface area contributed by atoms with Crippen LogP contribution in [0.2, 0.25) is 0 Å². The Morgan fingerprint density at radius 3 is 2.68 bits per heavy atom. The van der Waals surface area contributed by atoms with Gasteiger partial charge < -0.3 is 5.32 Å². The van der Waals surface area contributed by atoms with Crippen LogP contribution >= 0.6 is 0 Å². The van der Waals surface area contributed by atoms with Gasteiger partial charge in [-0.2, -0.15) is 0 Å². The lowest BCUT2D eigenvalue weighted by molar-refractivity contribution is 0.764. The molecule has 0 spiro atoms. The minimum Gasteiger partial charge on any atom is -0.316 e. The van der Waals surface area contributed by atoms with E-state index in [1.807, 2.05) is 0 Å². The van der Waals surface area contributed by atoms with Crippen LogP contribution in [-0.4, -0.2) is 13.1 Å². The molecule has 1 unspecified atom stereocenters. The van der Waals surface area contributed by atoms with Crippen molar-refractivity contribution in [1.82, 2.24) is 5.32 Å². The fourth-order valence-corrected chi connectivity index (χ4v) is 2.96. The summed E-state index contributed by atoms with van der Waals surface area (Å²) in [7, 11) is 0. The molecule has 0 bridgehead atoms. The summed E-state index contributed by atoms with van der Waals surface area (Å²) >= 11 is 0. The number of rotatable bonds is 2. The van der Waals surface area contributed by atoms with Crippen molar-refractivity contribution < 1.29 is 0 Å². The predicted molar refractivity (Wildman–Crippen MR) is 81.6 cm³/mol. The zero-order valence-corrected chi connectivity index (χ0v) is 11.7. The Balaban J connectivity index is 2.01. The molecule has 1 aliphatic rings. The molecule has 0 aromatic heterocycles. The molecule has 1 fully saturated rings. The molecule has 1 saturated heterocycles. The highest BCUT2D eigenvalue weighted by Gasteiger charge is 2.17. The summed E-state index contributed by atoms with van der Waals surface area (Å²) in [5, 5.41) is 3.45. The first kappa shape index (κ1) is 12.4. The molecule has 0 radical (unpaired) electrons. The highest BCUT2D eigenvalue weighted by atomic mass is 14.9. The maximum absolute atomic E-state index is 3.45. The van der Waals surface area contributed by atoms with E-state index in [-0.39, 0.29) is 0 Å². The minimum absolute atomic E-state index is 0.685. The predicted octanol–water partition coefficient (Wildman–Crippen LogP) is 4.05. The number of aryl methyl sites for hydroxylation is 1. The molecule has 0 amide bonds. The molecule has 1 atom stereocenters. The van der Waals surface area contributed by atoms with Crippen molar-refractivity contribution in [2.75, 3.05) is 13.1 Å². The molecule has 2 aromatic carbocycles. The van der Waals surface area contributed by atoms with E-state index >= 15 is 0 Å². The Morgan fingerprint density at radius 1 is 1.05 bits per heavy atom. The van der Waals surface area contributed by atoms with Gasteiger partial charge in [-0.05, 0) is 60.5 Å². The van der Waals surface area contributed by atoms with Crippen LogP contribution in [0.15, 0.2) is 42.5 Å². The smallest absolute Gasteiger partial charge is 0.00206 e. The van der Waals surface area contributed by atoms with Gasteiger partial charge in [0, 0.05) is 6.54 Å². The minimum atomic E-state index is 0.685. The summed E-state index contributed by atoms with van der Waals surface area (Å²) in [6, 6.07) is 15.6. The van der Waals surface area contributed by atoms with Crippen molar-refractivity contribution in [2.24, 2.45) is 0 Å². The molecule has 0 saturated carbocycles. The Labute approximate surface area is 115 Å². The second kappa shape index (κ2) is 5.18. The van der Waals surface area contributed by atoms with Crippen molar-refractivity contribution >= 4 is 0 Å². The van der Waals surface area contributed by atoms with Crippen molar-refractivity contribution in [3.8, 4) is 11.1 Å². The highest BCUT2D eigenvalue weighted by molar-refractivity contribution is 5.69. The van der Waals surface area contributed by atoms with E-state index in [0.29, 0.717) is 5.92 Å². The van der Waals surface area contributed by atoms with Crippen molar-refractivity contribution in [3.05, 3.63) is 59.2 Å². The summed E-state index contributed by atoms with van der Waals surface area (Å²) in [6.07, 6.45) is 1.26. The molecule has 98 valence electrons. The second-order valence-corrected chi connectivity index (χ2v) is 5.56. The van der Waals surface area contributed by atoms with E-state index in [1.54, 1.807) is 0 Å². The van der Waals surface area contributed by atoms with Crippen LogP contribution in [-0.2, 0) is 0 Å². The zero-order chi connectivity index (χ0) is 13.2. The van der Waals surface area contributed by atoms with Crippen LogP contribution < -0.4 is 5.32 Å². The molecule has 1 heterocycles. The highest BCUT2D eigenvalue weighted by Crippen LogP contribution is 2.29. The van der Waals surface area contributed by atoms with Crippen molar-refractivity contribution in [2.45, 2.75) is 26.2 Å². The fourth-order valence-electron chi connectivity index (χ4n) is 2.96. The molecular formula is C18H21N. The van der Waals surface area contributed by atoms with E-state index in [0.717, 1.165) is 13.1 Å². The molecule has 19 heavy (non-hydrogen) atoms. The molecule has 1 N–H and O–H groups in total. The topological polar surface area (TPSA) is 12.0 Å². The molecule has 2 aromatic rings. The largest absolute Gasteiger partial charge is 0.316 e. The van der Waals surface area contributed by atoms with Gasteiger partial charge in [0.15, 0.2) is 0 Å². The quantitative estimate of drug-likeness (QED) is 0.849. The van der Waals surface area contributed by atoms with E-state index in [2.05, 4.69) is 61.6 Å². The van der Waals surface area contributed by atoms with Gasteiger partial charge in [-0.25, -0.2) is 0 Å². The molecule has 1 nitrogen and oxygen atoms in total. The third-order valence-electron chi connectivity index (χ3n) is 4.33. The molecule has 1 aliphatic heterocycles. The third-order valence-corrected chi connectivity index (χ3v) is 4.33. The van der Waals surface area contributed by atoms with Gasteiger partial charge in [0.05, 0.1) is 0 Å². The standard InChI is InChI=1S/C18H21N/c1-13-5-3-8-18(14(13)2)16-7-4-6-15(11-16)17-9-10-19-12-17/h3-8,11,17,19H,9-10,12H2,1-2H3. The summed E-state index contributed by atoms with van der Waals surface area (Å²) in [5.41, 5.74) is 6.96. The van der Waals surface area contributed by atoms with Crippen LogP contribution in [0.1, 0.15) is 29.0 Å². The van der Waals surface area contributed by atoms with Gasteiger partial charge in [-0.15, -0.1) is 0 Å². The van der Waals surface area contributed by atoms with Crippen LogP contribution in [0.4, 0.5) is 0 Å². The lowest BCUT2D eigenvalue weighted by atomic mass is 9.92.